The molecule has 3 aromatic rings. The van der Waals surface area contributed by atoms with Gasteiger partial charge in [0.15, 0.2) is 11.5 Å². The van der Waals surface area contributed by atoms with Gasteiger partial charge in [-0.15, -0.1) is 0 Å². The van der Waals surface area contributed by atoms with E-state index in [1.54, 1.807) is 13.2 Å². The predicted octanol–water partition coefficient (Wildman–Crippen LogP) is 3.66. The summed E-state index contributed by atoms with van der Waals surface area (Å²) in [7, 11) is 1.58. The third kappa shape index (κ3) is 3.20. The molecule has 1 unspecified atom stereocenters. The van der Waals surface area contributed by atoms with E-state index in [2.05, 4.69) is 16.0 Å². The molecule has 0 radical (unpaired) electrons. The number of hydrogen-bond donors (Lipinski definition) is 2. The second kappa shape index (κ2) is 6.76. The molecule has 25 heavy (non-hydrogen) atoms. The zero-order chi connectivity index (χ0) is 17.2. The number of hydrogen-bond acceptors (Lipinski definition) is 4. The highest BCUT2D eigenvalue weighted by molar-refractivity contribution is 5.74. The highest BCUT2D eigenvalue weighted by atomic mass is 16.5. The van der Waals surface area contributed by atoms with Gasteiger partial charge in [-0.05, 0) is 37.6 Å². The predicted molar refractivity (Wildman–Crippen MR) is 98.0 cm³/mol. The van der Waals surface area contributed by atoms with Crippen LogP contribution in [0.3, 0.4) is 0 Å². The maximum absolute atomic E-state index is 10.3. The minimum Gasteiger partial charge on any atom is -0.504 e. The molecule has 130 valence electrons. The molecule has 0 bridgehead atoms. The first-order valence-electron chi connectivity index (χ1n) is 8.76. The summed E-state index contributed by atoms with van der Waals surface area (Å²) in [6.45, 7) is 2.70. The molecule has 1 fully saturated rings. The zero-order valence-electron chi connectivity index (χ0n) is 14.4. The van der Waals surface area contributed by atoms with E-state index in [4.69, 9.17) is 9.72 Å². The van der Waals surface area contributed by atoms with Gasteiger partial charge in [0.1, 0.15) is 5.82 Å². The number of likely N-dealkylation sites (tertiary alicyclic amines) is 1. The summed E-state index contributed by atoms with van der Waals surface area (Å²) < 4.78 is 5.22. The summed E-state index contributed by atoms with van der Waals surface area (Å²) in [6.07, 6.45) is 2.27. The molecule has 2 aromatic carbocycles. The topological polar surface area (TPSA) is 61.4 Å². The summed E-state index contributed by atoms with van der Waals surface area (Å²) >= 11 is 0. The van der Waals surface area contributed by atoms with Crippen LogP contribution in [0.25, 0.3) is 11.0 Å². The monoisotopic (exact) mass is 337 g/mol. The molecule has 5 nitrogen and oxygen atoms in total. The number of methoxy groups -OCH3 is 1. The van der Waals surface area contributed by atoms with Crippen LogP contribution in [0, 0.1) is 0 Å². The Morgan fingerprint density at radius 1 is 1.24 bits per heavy atom. The smallest absolute Gasteiger partial charge is 0.162 e. The number of para-hydroxylation sites is 3. The van der Waals surface area contributed by atoms with Gasteiger partial charge >= 0.3 is 0 Å². The lowest BCUT2D eigenvalue weighted by molar-refractivity contribution is 0.195. The Morgan fingerprint density at radius 2 is 2.12 bits per heavy atom. The Bertz CT molecular complexity index is 841. The molecule has 5 heteroatoms. The Labute approximate surface area is 147 Å². The van der Waals surface area contributed by atoms with Crippen molar-refractivity contribution >= 4 is 11.0 Å². The largest absolute Gasteiger partial charge is 0.504 e. The van der Waals surface area contributed by atoms with Crippen molar-refractivity contribution < 1.29 is 9.84 Å². The molecular weight excluding hydrogens is 314 g/mol. The average Bonchev–Trinajstić information content (AvgIpc) is 3.08. The fraction of sp³-hybridized carbons (Fsp3) is 0.350. The van der Waals surface area contributed by atoms with Gasteiger partial charge in [-0.1, -0.05) is 24.3 Å². The number of rotatable bonds is 4. The summed E-state index contributed by atoms with van der Waals surface area (Å²) in [5.74, 6) is 2.24. The van der Waals surface area contributed by atoms with Crippen molar-refractivity contribution in [1.29, 1.82) is 0 Å². The lowest BCUT2D eigenvalue weighted by Crippen LogP contribution is -2.34. The third-order valence-electron chi connectivity index (χ3n) is 5.00. The van der Waals surface area contributed by atoms with Crippen LogP contribution in [-0.4, -0.2) is 40.2 Å². The fourth-order valence-electron chi connectivity index (χ4n) is 3.69. The number of phenols is 1. The molecule has 0 amide bonds. The second-order valence-corrected chi connectivity index (χ2v) is 6.68. The maximum Gasteiger partial charge on any atom is 0.162 e. The Balaban J connectivity index is 1.51. The molecule has 1 aliphatic heterocycles. The first kappa shape index (κ1) is 16.0. The fourth-order valence-corrected chi connectivity index (χ4v) is 3.69. The van der Waals surface area contributed by atoms with Crippen molar-refractivity contribution in [2.45, 2.75) is 25.3 Å². The molecule has 2 heterocycles. The van der Waals surface area contributed by atoms with Crippen molar-refractivity contribution in [3.63, 3.8) is 0 Å². The van der Waals surface area contributed by atoms with Crippen LogP contribution in [0.4, 0.5) is 0 Å². The quantitative estimate of drug-likeness (QED) is 0.763. The lowest BCUT2D eigenvalue weighted by atomic mass is 9.97. The van der Waals surface area contributed by atoms with Gasteiger partial charge in [0.05, 0.1) is 18.1 Å². The molecule has 1 aromatic heterocycles. The number of aromatic nitrogens is 2. The number of piperidine rings is 1. The number of H-pyrrole nitrogens is 1. The molecule has 2 N–H and O–H groups in total. The third-order valence-corrected chi connectivity index (χ3v) is 5.00. The number of nitrogens with zero attached hydrogens (tertiary/aromatic N) is 2. The number of imidazole rings is 1. The van der Waals surface area contributed by atoms with Crippen LogP contribution in [0.2, 0.25) is 0 Å². The van der Waals surface area contributed by atoms with Gasteiger partial charge in [-0.3, -0.25) is 4.90 Å². The minimum absolute atomic E-state index is 0.246. The van der Waals surface area contributed by atoms with Crippen LogP contribution in [-0.2, 0) is 6.54 Å². The van der Waals surface area contributed by atoms with E-state index in [9.17, 15) is 5.11 Å². The van der Waals surface area contributed by atoms with Gasteiger partial charge in [-0.25, -0.2) is 4.98 Å². The number of fused-ring (bicyclic) bond motifs is 1. The van der Waals surface area contributed by atoms with Crippen molar-refractivity contribution in [1.82, 2.24) is 14.9 Å². The van der Waals surface area contributed by atoms with Crippen LogP contribution in [0.1, 0.15) is 30.1 Å². The number of aromatic hydroxyl groups is 1. The van der Waals surface area contributed by atoms with Crippen LogP contribution >= 0.6 is 0 Å². The number of aromatic amines is 1. The van der Waals surface area contributed by atoms with E-state index in [0.29, 0.717) is 11.7 Å². The molecule has 4 rings (SSSR count). The number of benzene rings is 2. The number of ether oxygens (including phenoxy) is 1. The molecule has 0 saturated carbocycles. The van der Waals surface area contributed by atoms with Crippen molar-refractivity contribution in [3.05, 3.63) is 53.9 Å². The normalized spacial score (nSPS) is 18.5. The first-order chi connectivity index (χ1) is 12.2. The van der Waals surface area contributed by atoms with E-state index in [1.165, 1.54) is 0 Å². The van der Waals surface area contributed by atoms with Crippen LogP contribution < -0.4 is 4.74 Å². The summed E-state index contributed by atoms with van der Waals surface area (Å²) in [5, 5.41) is 10.3. The maximum atomic E-state index is 10.3. The van der Waals surface area contributed by atoms with E-state index >= 15 is 0 Å². The van der Waals surface area contributed by atoms with Gasteiger partial charge < -0.3 is 14.8 Å². The van der Waals surface area contributed by atoms with Crippen molar-refractivity contribution in [3.8, 4) is 11.5 Å². The van der Waals surface area contributed by atoms with Gasteiger partial charge in [0, 0.05) is 24.6 Å². The van der Waals surface area contributed by atoms with Gasteiger partial charge in [0.2, 0.25) is 0 Å². The summed E-state index contributed by atoms with van der Waals surface area (Å²) in [4.78, 5) is 10.6. The van der Waals surface area contributed by atoms with E-state index in [1.807, 2.05) is 30.3 Å². The summed E-state index contributed by atoms with van der Waals surface area (Å²) in [5.41, 5.74) is 3.03. The molecule has 1 atom stereocenters. The Morgan fingerprint density at radius 3 is 2.96 bits per heavy atom. The van der Waals surface area contributed by atoms with Crippen LogP contribution in [0.5, 0.6) is 11.5 Å². The summed E-state index contributed by atoms with van der Waals surface area (Å²) in [6, 6.07) is 13.8. The van der Waals surface area contributed by atoms with Crippen molar-refractivity contribution in [2.24, 2.45) is 0 Å². The zero-order valence-corrected chi connectivity index (χ0v) is 14.4. The molecule has 0 aliphatic carbocycles. The molecule has 1 aliphatic rings. The number of phenolic OH excluding ortho intramolecular Hbond substituents is 1. The standard InChI is InChI=1S/C20H23N3O2/c1-25-18-10-4-6-14(19(18)24)12-23-11-5-7-15(13-23)20-21-16-8-2-3-9-17(16)22-20/h2-4,6,8-10,15,24H,5,7,11-13H2,1H3,(H,21,22). The average molecular weight is 337 g/mol. The van der Waals surface area contributed by atoms with E-state index in [0.717, 1.165) is 54.9 Å². The van der Waals surface area contributed by atoms with E-state index in [-0.39, 0.29) is 5.75 Å². The Hall–Kier alpha value is -2.53. The minimum atomic E-state index is 0.246. The molecule has 0 spiro atoms. The van der Waals surface area contributed by atoms with Gasteiger partial charge in [0.25, 0.3) is 0 Å². The highest BCUT2D eigenvalue weighted by Gasteiger charge is 2.24. The second-order valence-electron chi connectivity index (χ2n) is 6.68. The first-order valence-corrected chi connectivity index (χ1v) is 8.76. The van der Waals surface area contributed by atoms with Gasteiger partial charge in [-0.2, -0.15) is 0 Å². The molecular formula is C20H23N3O2. The van der Waals surface area contributed by atoms with Crippen LogP contribution in [0.15, 0.2) is 42.5 Å². The SMILES string of the molecule is COc1cccc(CN2CCCC(c3nc4ccccc4[nH]3)C2)c1O. The van der Waals surface area contributed by atoms with E-state index < -0.39 is 0 Å². The molecule has 1 saturated heterocycles. The lowest BCUT2D eigenvalue weighted by Gasteiger charge is -2.32. The number of nitrogens with one attached hydrogen (secondary N) is 1. The van der Waals surface area contributed by atoms with Crippen molar-refractivity contribution in [2.75, 3.05) is 20.2 Å². The Kier molecular flexibility index (Phi) is 4.32. The highest BCUT2D eigenvalue weighted by Crippen LogP contribution is 2.32.